The van der Waals surface area contributed by atoms with Crippen molar-refractivity contribution in [1.82, 2.24) is 9.97 Å². The van der Waals surface area contributed by atoms with Crippen LogP contribution in [0.25, 0.3) is 0 Å². The van der Waals surface area contributed by atoms with Crippen molar-refractivity contribution in [2.45, 2.75) is 6.92 Å². The van der Waals surface area contributed by atoms with Crippen molar-refractivity contribution in [3.05, 3.63) is 36.2 Å². The number of nitrogens with two attached hydrogens (primary N) is 1. The molecule has 0 saturated heterocycles. The minimum absolute atomic E-state index is 0.0207. The van der Waals surface area contributed by atoms with Crippen LogP contribution < -0.4 is 16.0 Å². The normalized spacial score (nSPS) is 10.6. The average molecular weight is 359 g/mol. The fourth-order valence-electron chi connectivity index (χ4n) is 2.39. The van der Waals surface area contributed by atoms with E-state index in [1.165, 1.54) is 13.3 Å². The van der Waals surface area contributed by atoms with Crippen molar-refractivity contribution < 1.29 is 14.3 Å². The number of carbonyl (C=O) groups excluding carboxylic acids is 1. The molecule has 1 aromatic carbocycles. The van der Waals surface area contributed by atoms with E-state index in [-0.39, 0.29) is 5.78 Å². The van der Waals surface area contributed by atoms with E-state index in [0.717, 1.165) is 5.69 Å². The fraction of sp³-hybridized carbons (Fsp3) is 0.389. The molecule has 0 aliphatic heterocycles. The van der Waals surface area contributed by atoms with Gasteiger partial charge in [0.2, 0.25) is 0 Å². The van der Waals surface area contributed by atoms with Crippen LogP contribution in [0.15, 0.2) is 30.6 Å². The number of carbonyl (C=O) groups is 1. The lowest BCUT2D eigenvalue weighted by Gasteiger charge is -2.25. The Morgan fingerprint density at radius 3 is 2.27 bits per heavy atom. The third kappa shape index (κ3) is 5.14. The molecule has 0 bridgehead atoms. The maximum atomic E-state index is 11.4. The van der Waals surface area contributed by atoms with Crippen LogP contribution in [-0.4, -0.2) is 56.3 Å². The van der Waals surface area contributed by atoms with Crippen LogP contribution in [0.5, 0.6) is 0 Å². The minimum atomic E-state index is 0.0207. The number of hydrogen-bond donors (Lipinski definition) is 2. The predicted molar refractivity (Wildman–Crippen MR) is 102 cm³/mol. The zero-order valence-electron chi connectivity index (χ0n) is 15.4. The van der Waals surface area contributed by atoms with E-state index in [1.54, 1.807) is 26.4 Å². The van der Waals surface area contributed by atoms with E-state index < -0.39 is 0 Å². The van der Waals surface area contributed by atoms with Crippen LogP contribution in [0.4, 0.5) is 23.0 Å². The summed E-state index contributed by atoms with van der Waals surface area (Å²) in [6, 6.07) is 7.13. The largest absolute Gasteiger partial charge is 0.393 e. The summed E-state index contributed by atoms with van der Waals surface area (Å²) in [7, 11) is 3.30. The van der Waals surface area contributed by atoms with E-state index in [0.29, 0.717) is 49.2 Å². The molecule has 0 atom stereocenters. The van der Waals surface area contributed by atoms with Crippen molar-refractivity contribution in [2.75, 3.05) is 56.5 Å². The molecule has 0 fully saturated rings. The first-order valence-corrected chi connectivity index (χ1v) is 8.28. The molecule has 8 nitrogen and oxygen atoms in total. The average Bonchev–Trinajstić information content (AvgIpc) is 2.64. The van der Waals surface area contributed by atoms with Crippen LogP contribution >= 0.6 is 0 Å². The standard InChI is InChI=1S/C18H25N5O3/c1-13(24)14-4-6-15(7-5-14)22-17-16(19)18(21-12-20-17)23(8-10-25-2)9-11-26-3/h4-7,12H,8-11,19H2,1-3H3,(H,20,21,22). The Morgan fingerprint density at radius 1 is 1.12 bits per heavy atom. The van der Waals surface area contributed by atoms with Crippen molar-refractivity contribution in [3.8, 4) is 0 Å². The lowest BCUT2D eigenvalue weighted by molar-refractivity contribution is 0.101. The SMILES string of the molecule is COCCN(CCOC)c1ncnc(Nc2ccc(C(C)=O)cc2)c1N. The molecular formula is C18H25N5O3. The maximum absolute atomic E-state index is 11.4. The van der Waals surface area contributed by atoms with Gasteiger partial charge in [0.15, 0.2) is 17.4 Å². The topological polar surface area (TPSA) is 103 Å². The molecule has 0 aliphatic rings. The second kappa shape index (κ2) is 9.69. The van der Waals surface area contributed by atoms with E-state index in [2.05, 4.69) is 15.3 Å². The summed E-state index contributed by atoms with van der Waals surface area (Å²) in [4.78, 5) is 21.9. The number of ketones is 1. The number of hydrogen-bond acceptors (Lipinski definition) is 8. The van der Waals surface area contributed by atoms with Gasteiger partial charge in [-0.05, 0) is 31.2 Å². The summed E-state index contributed by atoms with van der Waals surface area (Å²) in [5.41, 5.74) is 8.16. The predicted octanol–water partition coefficient (Wildman–Crippen LogP) is 2.10. The van der Waals surface area contributed by atoms with Gasteiger partial charge in [-0.15, -0.1) is 0 Å². The molecule has 1 aromatic heterocycles. The summed E-state index contributed by atoms with van der Waals surface area (Å²) in [6.45, 7) is 3.89. The molecule has 0 aliphatic carbocycles. The number of nitrogen functional groups attached to an aromatic ring is 1. The van der Waals surface area contributed by atoms with E-state index in [4.69, 9.17) is 15.2 Å². The Labute approximate surface area is 153 Å². The van der Waals surface area contributed by atoms with E-state index >= 15 is 0 Å². The Hall–Kier alpha value is -2.71. The number of anilines is 4. The highest BCUT2D eigenvalue weighted by Crippen LogP contribution is 2.28. The van der Waals surface area contributed by atoms with Crippen LogP contribution in [0.2, 0.25) is 0 Å². The first-order chi connectivity index (χ1) is 12.6. The molecule has 8 heteroatoms. The van der Waals surface area contributed by atoms with Gasteiger partial charge in [0.1, 0.15) is 12.0 Å². The molecule has 26 heavy (non-hydrogen) atoms. The van der Waals surface area contributed by atoms with Gasteiger partial charge in [0, 0.05) is 38.6 Å². The van der Waals surface area contributed by atoms with Gasteiger partial charge in [-0.25, -0.2) is 9.97 Å². The minimum Gasteiger partial charge on any atom is -0.393 e. The van der Waals surface area contributed by atoms with Crippen LogP contribution in [0, 0.1) is 0 Å². The van der Waals surface area contributed by atoms with E-state index in [9.17, 15) is 4.79 Å². The van der Waals surface area contributed by atoms with Gasteiger partial charge >= 0.3 is 0 Å². The molecule has 1 heterocycles. The van der Waals surface area contributed by atoms with Gasteiger partial charge in [-0.3, -0.25) is 4.79 Å². The summed E-state index contributed by atoms with van der Waals surface area (Å²) in [6.07, 6.45) is 1.46. The first kappa shape index (κ1) is 19.6. The van der Waals surface area contributed by atoms with Crippen LogP contribution in [0.1, 0.15) is 17.3 Å². The first-order valence-electron chi connectivity index (χ1n) is 8.28. The monoisotopic (exact) mass is 359 g/mol. The van der Waals surface area contributed by atoms with Gasteiger partial charge in [-0.1, -0.05) is 0 Å². The number of nitrogens with zero attached hydrogens (tertiary/aromatic N) is 3. The van der Waals surface area contributed by atoms with Crippen LogP contribution in [0.3, 0.4) is 0 Å². The van der Waals surface area contributed by atoms with Gasteiger partial charge in [-0.2, -0.15) is 0 Å². The van der Waals surface area contributed by atoms with Crippen LogP contribution in [-0.2, 0) is 9.47 Å². The molecule has 2 rings (SSSR count). The molecule has 0 saturated carbocycles. The quantitative estimate of drug-likeness (QED) is 0.622. The molecule has 140 valence electrons. The van der Waals surface area contributed by atoms with Crippen molar-refractivity contribution in [3.63, 3.8) is 0 Å². The Bertz CT molecular complexity index is 713. The second-order valence-electron chi connectivity index (χ2n) is 5.69. The highest BCUT2D eigenvalue weighted by molar-refractivity contribution is 5.94. The zero-order chi connectivity index (χ0) is 18.9. The molecule has 0 amide bonds. The Kier molecular flexibility index (Phi) is 7.31. The number of aromatic nitrogens is 2. The lowest BCUT2D eigenvalue weighted by Crippen LogP contribution is -2.32. The molecule has 3 N–H and O–H groups in total. The molecule has 0 unspecified atom stereocenters. The summed E-state index contributed by atoms with van der Waals surface area (Å²) >= 11 is 0. The number of nitrogens with one attached hydrogen (secondary N) is 1. The van der Waals surface area contributed by atoms with Crippen molar-refractivity contribution in [2.24, 2.45) is 0 Å². The third-order valence-electron chi connectivity index (χ3n) is 3.85. The highest BCUT2D eigenvalue weighted by atomic mass is 16.5. The number of benzene rings is 1. The molecule has 0 spiro atoms. The summed E-state index contributed by atoms with van der Waals surface area (Å²) in [5, 5.41) is 3.17. The maximum Gasteiger partial charge on any atom is 0.159 e. The molecule has 0 radical (unpaired) electrons. The van der Waals surface area contributed by atoms with Crippen molar-refractivity contribution in [1.29, 1.82) is 0 Å². The van der Waals surface area contributed by atoms with Gasteiger partial charge < -0.3 is 25.4 Å². The number of rotatable bonds is 10. The highest BCUT2D eigenvalue weighted by Gasteiger charge is 2.15. The number of Topliss-reactive ketones (excluding diaryl/α,β-unsaturated/α-hetero) is 1. The fourth-order valence-corrected chi connectivity index (χ4v) is 2.39. The number of ether oxygens (including phenoxy) is 2. The molecule has 2 aromatic rings. The Balaban J connectivity index is 2.21. The Morgan fingerprint density at radius 2 is 1.73 bits per heavy atom. The van der Waals surface area contributed by atoms with Crippen molar-refractivity contribution >= 4 is 28.8 Å². The smallest absolute Gasteiger partial charge is 0.159 e. The summed E-state index contributed by atoms with van der Waals surface area (Å²) in [5.74, 6) is 1.15. The van der Waals surface area contributed by atoms with Gasteiger partial charge in [0.05, 0.1) is 13.2 Å². The molecular weight excluding hydrogens is 334 g/mol. The zero-order valence-corrected chi connectivity index (χ0v) is 15.4. The third-order valence-corrected chi connectivity index (χ3v) is 3.85. The van der Waals surface area contributed by atoms with Gasteiger partial charge in [0.25, 0.3) is 0 Å². The lowest BCUT2D eigenvalue weighted by atomic mass is 10.1. The van der Waals surface area contributed by atoms with E-state index in [1.807, 2.05) is 17.0 Å². The number of methoxy groups -OCH3 is 2. The summed E-state index contributed by atoms with van der Waals surface area (Å²) < 4.78 is 10.3. The second-order valence-corrected chi connectivity index (χ2v) is 5.69.